The van der Waals surface area contributed by atoms with Gasteiger partial charge < -0.3 is 10.2 Å². The van der Waals surface area contributed by atoms with Crippen molar-refractivity contribution in [1.82, 2.24) is 5.32 Å². The molecule has 0 aromatic heterocycles. The lowest BCUT2D eigenvalue weighted by atomic mass is 10.1. The van der Waals surface area contributed by atoms with Crippen LogP contribution in [0.3, 0.4) is 0 Å². The average molecular weight is 351 g/mol. The van der Waals surface area contributed by atoms with E-state index >= 15 is 0 Å². The number of nitrogens with one attached hydrogen (secondary N) is 1. The van der Waals surface area contributed by atoms with Crippen molar-refractivity contribution in [3.63, 3.8) is 0 Å². The molecule has 112 valence electrons. The second-order valence-electron chi connectivity index (χ2n) is 5.20. The zero-order chi connectivity index (χ0) is 14.9. The first-order valence-corrected chi connectivity index (χ1v) is 7.41. The van der Waals surface area contributed by atoms with Gasteiger partial charge in [-0.15, -0.1) is 0 Å². The van der Waals surface area contributed by atoms with Crippen LogP contribution in [-0.4, -0.2) is 25.8 Å². The van der Waals surface area contributed by atoms with Gasteiger partial charge in [0.1, 0.15) is 6.54 Å². The third-order valence-corrected chi connectivity index (χ3v) is 4.19. The summed E-state index contributed by atoms with van der Waals surface area (Å²) in [6, 6.07) is 5.73. The number of anilines is 1. The molecule has 0 amide bonds. The van der Waals surface area contributed by atoms with Gasteiger partial charge in [0.15, 0.2) is 0 Å². The zero-order valence-corrected chi connectivity index (χ0v) is 13.1. The number of nitrogens with zero attached hydrogens (tertiary/aromatic N) is 1. The van der Waals surface area contributed by atoms with Gasteiger partial charge in [-0.3, -0.25) is 0 Å². The van der Waals surface area contributed by atoms with Crippen molar-refractivity contribution in [1.29, 1.82) is 0 Å². The van der Waals surface area contributed by atoms with Crippen LogP contribution in [0.5, 0.6) is 0 Å². The molecule has 1 fully saturated rings. The van der Waals surface area contributed by atoms with E-state index in [4.69, 9.17) is 0 Å². The molecule has 1 aromatic carbocycles. The van der Waals surface area contributed by atoms with Crippen LogP contribution in [0.2, 0.25) is 0 Å². The number of hydrogen-bond acceptors (Lipinski definition) is 2. The highest BCUT2D eigenvalue weighted by Gasteiger charge is 2.38. The maximum atomic E-state index is 12.7. The van der Waals surface area contributed by atoms with Gasteiger partial charge in [0.25, 0.3) is 0 Å². The van der Waals surface area contributed by atoms with Crippen LogP contribution in [0, 0.1) is 0 Å². The van der Waals surface area contributed by atoms with Crippen molar-refractivity contribution in [3.05, 3.63) is 28.2 Å². The Morgan fingerprint density at radius 1 is 1.40 bits per heavy atom. The standard InChI is InChI=1S/C14H18BrF3N2/c1-9(19-2)10-3-6-13(12(15)7-10)20(11-4-5-11)8-14(16,17)18/h3,6-7,9,11,19H,4-5,8H2,1-2H3. The van der Waals surface area contributed by atoms with Crippen molar-refractivity contribution < 1.29 is 13.2 Å². The van der Waals surface area contributed by atoms with Crippen LogP contribution < -0.4 is 10.2 Å². The van der Waals surface area contributed by atoms with E-state index in [9.17, 15) is 13.2 Å². The van der Waals surface area contributed by atoms with Gasteiger partial charge in [0.05, 0.1) is 5.69 Å². The minimum Gasteiger partial charge on any atom is -0.359 e. The molecule has 1 saturated carbocycles. The molecule has 20 heavy (non-hydrogen) atoms. The Morgan fingerprint density at radius 2 is 2.05 bits per heavy atom. The summed E-state index contributed by atoms with van der Waals surface area (Å²) in [5.74, 6) is 0. The van der Waals surface area contributed by atoms with Crippen molar-refractivity contribution in [2.24, 2.45) is 0 Å². The quantitative estimate of drug-likeness (QED) is 0.853. The van der Waals surface area contributed by atoms with Gasteiger partial charge in [-0.1, -0.05) is 6.07 Å². The summed E-state index contributed by atoms with van der Waals surface area (Å²) in [6.45, 7) is 1.12. The van der Waals surface area contributed by atoms with Crippen molar-refractivity contribution in [2.45, 2.75) is 38.0 Å². The minimum absolute atomic E-state index is 0.0144. The Kier molecular flexibility index (Phi) is 4.64. The summed E-state index contributed by atoms with van der Waals surface area (Å²) in [7, 11) is 1.85. The molecule has 0 spiro atoms. The molecule has 1 atom stereocenters. The van der Waals surface area contributed by atoms with Gasteiger partial charge in [-0.25, -0.2) is 0 Å². The van der Waals surface area contributed by atoms with E-state index in [-0.39, 0.29) is 12.1 Å². The molecular weight excluding hydrogens is 333 g/mol. The van der Waals surface area contributed by atoms with Crippen molar-refractivity contribution in [3.8, 4) is 0 Å². The first-order chi connectivity index (χ1) is 9.31. The molecule has 2 rings (SSSR count). The second kappa shape index (κ2) is 5.93. The van der Waals surface area contributed by atoms with E-state index in [1.807, 2.05) is 26.1 Å². The topological polar surface area (TPSA) is 15.3 Å². The van der Waals surface area contributed by atoms with Gasteiger partial charge in [-0.2, -0.15) is 13.2 Å². The lowest BCUT2D eigenvalue weighted by molar-refractivity contribution is -0.120. The molecule has 6 heteroatoms. The number of halogens is 4. The largest absolute Gasteiger partial charge is 0.405 e. The van der Waals surface area contributed by atoms with Crippen LogP contribution in [0.25, 0.3) is 0 Å². The number of benzene rings is 1. The number of rotatable bonds is 5. The lowest BCUT2D eigenvalue weighted by Crippen LogP contribution is -2.36. The molecule has 0 bridgehead atoms. The Hall–Kier alpha value is -0.750. The molecule has 1 N–H and O–H groups in total. The van der Waals surface area contributed by atoms with E-state index in [0.717, 1.165) is 18.4 Å². The average Bonchev–Trinajstić information content (AvgIpc) is 3.18. The highest BCUT2D eigenvalue weighted by molar-refractivity contribution is 9.10. The monoisotopic (exact) mass is 350 g/mol. The highest BCUT2D eigenvalue weighted by atomic mass is 79.9. The molecule has 0 heterocycles. The molecule has 1 aromatic rings. The highest BCUT2D eigenvalue weighted by Crippen LogP contribution is 2.38. The fourth-order valence-electron chi connectivity index (χ4n) is 2.18. The fourth-order valence-corrected chi connectivity index (χ4v) is 2.81. The first kappa shape index (κ1) is 15.6. The van der Waals surface area contributed by atoms with Crippen molar-refractivity contribution >= 4 is 21.6 Å². The lowest BCUT2D eigenvalue weighted by Gasteiger charge is -2.27. The zero-order valence-electron chi connectivity index (χ0n) is 11.5. The van der Waals surface area contributed by atoms with Crippen LogP contribution in [0.15, 0.2) is 22.7 Å². The van der Waals surface area contributed by atoms with Crippen LogP contribution in [0.1, 0.15) is 31.4 Å². The molecule has 1 unspecified atom stereocenters. The van der Waals surface area contributed by atoms with Crippen LogP contribution >= 0.6 is 15.9 Å². The molecule has 0 saturated heterocycles. The first-order valence-electron chi connectivity index (χ1n) is 6.62. The molecule has 2 nitrogen and oxygen atoms in total. The fraction of sp³-hybridized carbons (Fsp3) is 0.571. The normalized spacial score (nSPS) is 17.1. The van der Waals surface area contributed by atoms with Gasteiger partial charge in [-0.05, 0) is 60.4 Å². The Labute approximate surface area is 125 Å². The number of alkyl halides is 3. The summed E-state index contributed by atoms with van der Waals surface area (Å²) in [6.07, 6.45) is -2.52. The second-order valence-corrected chi connectivity index (χ2v) is 6.05. The maximum absolute atomic E-state index is 12.7. The molecule has 0 radical (unpaired) electrons. The minimum atomic E-state index is -4.18. The summed E-state index contributed by atoms with van der Waals surface area (Å²) in [4.78, 5) is 1.46. The van der Waals surface area contributed by atoms with Gasteiger partial charge >= 0.3 is 6.18 Å². The summed E-state index contributed by atoms with van der Waals surface area (Å²) >= 11 is 3.41. The molecule has 1 aliphatic rings. The Bertz CT molecular complexity index is 472. The number of hydrogen-bond donors (Lipinski definition) is 1. The van der Waals surface area contributed by atoms with E-state index in [1.54, 1.807) is 6.07 Å². The van der Waals surface area contributed by atoms with Crippen LogP contribution in [0.4, 0.5) is 18.9 Å². The predicted octanol–water partition coefficient (Wildman–Crippen LogP) is 4.26. The SMILES string of the molecule is CNC(C)c1ccc(N(CC(F)(F)F)C2CC2)c(Br)c1. The Balaban J connectivity index is 2.25. The third-order valence-electron chi connectivity index (χ3n) is 3.55. The Morgan fingerprint density at radius 3 is 2.50 bits per heavy atom. The molecule has 0 aliphatic heterocycles. The summed E-state index contributed by atoms with van der Waals surface area (Å²) in [5.41, 5.74) is 1.67. The molecular formula is C14H18BrF3N2. The third kappa shape index (κ3) is 3.88. The van der Waals surface area contributed by atoms with E-state index in [1.165, 1.54) is 4.90 Å². The summed E-state index contributed by atoms with van der Waals surface area (Å²) < 4.78 is 38.8. The van der Waals surface area contributed by atoms with Crippen molar-refractivity contribution in [2.75, 3.05) is 18.5 Å². The van der Waals surface area contributed by atoms with E-state index in [2.05, 4.69) is 21.2 Å². The predicted molar refractivity (Wildman–Crippen MR) is 78.0 cm³/mol. The maximum Gasteiger partial charge on any atom is 0.405 e. The van der Waals surface area contributed by atoms with E-state index < -0.39 is 12.7 Å². The smallest absolute Gasteiger partial charge is 0.359 e. The van der Waals surface area contributed by atoms with Gasteiger partial charge in [0.2, 0.25) is 0 Å². The van der Waals surface area contributed by atoms with E-state index in [0.29, 0.717) is 10.2 Å². The molecule has 1 aliphatic carbocycles. The van der Waals surface area contributed by atoms with Gasteiger partial charge in [0, 0.05) is 16.6 Å². The van der Waals surface area contributed by atoms with Crippen LogP contribution in [-0.2, 0) is 0 Å². The summed E-state index contributed by atoms with van der Waals surface area (Å²) in [5, 5.41) is 3.12.